The number of anilines is 1. The molecule has 0 aromatic carbocycles. The van der Waals surface area contributed by atoms with Crippen LogP contribution in [0, 0.1) is 6.92 Å². The van der Waals surface area contributed by atoms with E-state index in [9.17, 15) is 0 Å². The van der Waals surface area contributed by atoms with Gasteiger partial charge < -0.3 is 5.32 Å². The first-order chi connectivity index (χ1) is 7.29. The Bertz CT molecular complexity index is 276. The highest BCUT2D eigenvalue weighted by Gasteiger charge is 2.05. The Hall–Kier alpha value is -0.770. The van der Waals surface area contributed by atoms with Gasteiger partial charge in [0.1, 0.15) is 17.2 Å². The van der Waals surface area contributed by atoms with Crippen molar-refractivity contribution >= 4 is 17.6 Å². The smallest absolute Gasteiger partial charge is 0.133 e. The monoisotopic (exact) mass is 225 g/mol. The van der Waals surface area contributed by atoms with Crippen LogP contribution in [0.4, 0.5) is 5.82 Å². The van der Waals surface area contributed by atoms with Crippen molar-refractivity contribution < 1.29 is 0 Å². The third-order valence-electron chi connectivity index (χ3n) is 2.02. The van der Waals surface area contributed by atoms with E-state index in [4.69, 9.17) is 0 Å². The summed E-state index contributed by atoms with van der Waals surface area (Å²) in [6.07, 6.45) is 3.93. The van der Waals surface area contributed by atoms with Crippen LogP contribution in [-0.2, 0) is 0 Å². The van der Waals surface area contributed by atoms with Crippen molar-refractivity contribution in [3.05, 3.63) is 11.9 Å². The van der Waals surface area contributed by atoms with E-state index in [-0.39, 0.29) is 0 Å². The van der Waals surface area contributed by atoms with Crippen molar-refractivity contribution in [2.45, 2.75) is 38.6 Å². The van der Waals surface area contributed by atoms with Crippen molar-refractivity contribution in [3.63, 3.8) is 0 Å². The maximum Gasteiger partial charge on any atom is 0.133 e. The van der Waals surface area contributed by atoms with Crippen molar-refractivity contribution in [2.24, 2.45) is 0 Å². The van der Waals surface area contributed by atoms with Crippen molar-refractivity contribution in [3.8, 4) is 0 Å². The second-order valence-corrected chi connectivity index (χ2v) is 4.51. The topological polar surface area (TPSA) is 37.8 Å². The fourth-order valence-corrected chi connectivity index (χ4v) is 2.03. The van der Waals surface area contributed by atoms with E-state index in [0.29, 0.717) is 0 Å². The molecular weight excluding hydrogens is 206 g/mol. The number of nitrogens with one attached hydrogen (secondary N) is 1. The highest BCUT2D eigenvalue weighted by Crippen LogP contribution is 2.23. The van der Waals surface area contributed by atoms with Crippen molar-refractivity contribution in [2.75, 3.05) is 17.6 Å². The third-order valence-corrected chi connectivity index (χ3v) is 3.32. The normalized spacial score (nSPS) is 10.3. The molecule has 0 unspecified atom stereocenters. The molecule has 0 aliphatic rings. The summed E-state index contributed by atoms with van der Waals surface area (Å²) in [7, 11) is 0. The average molecular weight is 225 g/mol. The second-order valence-electron chi connectivity index (χ2n) is 3.43. The van der Waals surface area contributed by atoms with Crippen molar-refractivity contribution in [1.82, 2.24) is 9.97 Å². The lowest BCUT2D eigenvalue weighted by Gasteiger charge is -2.09. The molecule has 1 heterocycles. The zero-order chi connectivity index (χ0) is 11.1. The molecule has 1 N–H and O–H groups in total. The molecule has 3 nitrogen and oxygen atoms in total. The molecule has 0 saturated heterocycles. The van der Waals surface area contributed by atoms with Gasteiger partial charge in [-0.1, -0.05) is 13.8 Å². The quantitative estimate of drug-likeness (QED) is 0.596. The van der Waals surface area contributed by atoms with Crippen LogP contribution in [0.5, 0.6) is 0 Å². The molecule has 0 radical (unpaired) electrons. The van der Waals surface area contributed by atoms with Gasteiger partial charge in [0.15, 0.2) is 0 Å². The Kier molecular flexibility index (Phi) is 5.47. The molecule has 1 aromatic heterocycles. The molecule has 0 fully saturated rings. The lowest BCUT2D eigenvalue weighted by molar-refractivity contribution is 0.937. The zero-order valence-corrected chi connectivity index (χ0v) is 10.5. The molecule has 0 aliphatic carbocycles. The maximum absolute atomic E-state index is 4.30. The van der Waals surface area contributed by atoms with Gasteiger partial charge in [-0.3, -0.25) is 0 Å². The van der Waals surface area contributed by atoms with Gasteiger partial charge in [-0.05, 0) is 25.5 Å². The van der Waals surface area contributed by atoms with E-state index in [1.54, 1.807) is 18.1 Å². The molecule has 0 saturated carbocycles. The lowest BCUT2D eigenvalue weighted by atomic mass is 10.3. The number of hydrogen-bond acceptors (Lipinski definition) is 4. The summed E-state index contributed by atoms with van der Waals surface area (Å²) in [5.74, 6) is 2.09. The molecule has 0 spiro atoms. The number of nitrogens with zero attached hydrogens (tertiary/aromatic N) is 2. The van der Waals surface area contributed by atoms with Gasteiger partial charge in [0.05, 0.1) is 0 Å². The third kappa shape index (κ3) is 3.70. The molecule has 0 aliphatic heterocycles. The highest BCUT2D eigenvalue weighted by molar-refractivity contribution is 7.99. The molecular formula is C11H19N3S. The first-order valence-electron chi connectivity index (χ1n) is 5.47. The minimum Gasteiger partial charge on any atom is -0.370 e. The minimum absolute atomic E-state index is 0.968. The first kappa shape index (κ1) is 12.3. The lowest BCUT2D eigenvalue weighted by Crippen LogP contribution is -2.05. The summed E-state index contributed by atoms with van der Waals surface area (Å²) < 4.78 is 0. The molecule has 4 heteroatoms. The Morgan fingerprint density at radius 1 is 1.27 bits per heavy atom. The Morgan fingerprint density at radius 2 is 2.07 bits per heavy atom. The summed E-state index contributed by atoms with van der Waals surface area (Å²) in [4.78, 5) is 8.55. The van der Waals surface area contributed by atoms with Gasteiger partial charge in [-0.2, -0.15) is 0 Å². The summed E-state index contributed by atoms with van der Waals surface area (Å²) in [6, 6.07) is 0. The number of hydrogen-bond donors (Lipinski definition) is 1. The van der Waals surface area contributed by atoms with Crippen LogP contribution in [0.25, 0.3) is 0 Å². The SMILES string of the molecule is CCCNc1ncnc(SCCC)c1C. The standard InChI is InChI=1S/C11H19N3S/c1-4-6-12-10-9(3)11(14-8-13-10)15-7-5-2/h8H,4-7H2,1-3H3,(H,12,13,14). The van der Waals surface area contributed by atoms with Gasteiger partial charge >= 0.3 is 0 Å². The number of aromatic nitrogens is 2. The largest absolute Gasteiger partial charge is 0.370 e. The predicted molar refractivity (Wildman–Crippen MR) is 66.6 cm³/mol. The van der Waals surface area contributed by atoms with Gasteiger partial charge in [0.2, 0.25) is 0 Å². The molecule has 15 heavy (non-hydrogen) atoms. The van der Waals surface area contributed by atoms with Gasteiger partial charge in [-0.25, -0.2) is 9.97 Å². The fourth-order valence-electron chi connectivity index (χ4n) is 1.20. The number of rotatable bonds is 6. The van der Waals surface area contributed by atoms with Crippen molar-refractivity contribution in [1.29, 1.82) is 0 Å². The van der Waals surface area contributed by atoms with E-state index in [0.717, 1.165) is 29.6 Å². The van der Waals surface area contributed by atoms with E-state index in [1.807, 2.05) is 0 Å². The highest BCUT2D eigenvalue weighted by atomic mass is 32.2. The van der Waals surface area contributed by atoms with Crippen LogP contribution in [0.2, 0.25) is 0 Å². The van der Waals surface area contributed by atoms with Crippen LogP contribution in [0.15, 0.2) is 11.4 Å². The van der Waals surface area contributed by atoms with Crippen LogP contribution >= 0.6 is 11.8 Å². The summed E-state index contributed by atoms with van der Waals surface area (Å²) in [5, 5.41) is 4.42. The summed E-state index contributed by atoms with van der Waals surface area (Å²) in [5.41, 5.74) is 1.17. The number of thioether (sulfide) groups is 1. The average Bonchev–Trinajstić information content (AvgIpc) is 2.26. The molecule has 0 amide bonds. The van der Waals surface area contributed by atoms with Gasteiger partial charge in [0, 0.05) is 12.1 Å². The Labute approximate surface area is 96.1 Å². The molecule has 0 bridgehead atoms. The molecule has 1 rings (SSSR count). The summed E-state index contributed by atoms with van der Waals surface area (Å²) in [6.45, 7) is 7.38. The van der Waals surface area contributed by atoms with E-state index in [1.165, 1.54) is 12.0 Å². The van der Waals surface area contributed by atoms with Crippen LogP contribution in [-0.4, -0.2) is 22.3 Å². The van der Waals surface area contributed by atoms with Gasteiger partial charge in [-0.15, -0.1) is 11.8 Å². The van der Waals surface area contributed by atoms with Crippen LogP contribution < -0.4 is 5.32 Å². The second kappa shape index (κ2) is 6.67. The van der Waals surface area contributed by atoms with Crippen LogP contribution in [0.1, 0.15) is 32.3 Å². The Morgan fingerprint density at radius 3 is 2.73 bits per heavy atom. The molecule has 84 valence electrons. The molecule has 0 atom stereocenters. The predicted octanol–water partition coefficient (Wildman–Crippen LogP) is 3.11. The molecule has 1 aromatic rings. The van der Waals surface area contributed by atoms with E-state index >= 15 is 0 Å². The minimum atomic E-state index is 0.968. The zero-order valence-electron chi connectivity index (χ0n) is 9.71. The first-order valence-corrected chi connectivity index (χ1v) is 6.46. The van der Waals surface area contributed by atoms with Crippen LogP contribution in [0.3, 0.4) is 0 Å². The summed E-state index contributed by atoms with van der Waals surface area (Å²) >= 11 is 1.80. The van der Waals surface area contributed by atoms with Gasteiger partial charge in [0.25, 0.3) is 0 Å². The van der Waals surface area contributed by atoms with E-state index < -0.39 is 0 Å². The Balaban J connectivity index is 2.71. The fraction of sp³-hybridized carbons (Fsp3) is 0.636. The van der Waals surface area contributed by atoms with E-state index in [2.05, 4.69) is 36.1 Å². The maximum atomic E-state index is 4.30.